The summed E-state index contributed by atoms with van der Waals surface area (Å²) in [5, 5.41) is 0.137. The second-order valence-electron chi connectivity index (χ2n) is 4.88. The number of hydrogen-bond donors (Lipinski definition) is 0. The quantitative estimate of drug-likeness (QED) is 0.748. The number of carbonyl (C=O) groups excluding carboxylic acids is 1. The average molecular weight is 333 g/mol. The second kappa shape index (κ2) is 6.17. The van der Waals surface area contributed by atoms with Gasteiger partial charge in [0.05, 0.1) is 4.90 Å². The molecule has 7 nitrogen and oxygen atoms in total. The molecule has 0 bridgehead atoms. The van der Waals surface area contributed by atoms with Gasteiger partial charge in [0, 0.05) is 46.5 Å². The number of piperazine rings is 1. The summed E-state index contributed by atoms with van der Waals surface area (Å²) in [4.78, 5) is 18.8. The summed E-state index contributed by atoms with van der Waals surface area (Å²) < 4.78 is 26.3. The van der Waals surface area contributed by atoms with E-state index in [9.17, 15) is 13.2 Å². The summed E-state index contributed by atoms with van der Waals surface area (Å²) >= 11 is 5.74. The first-order valence-electron chi connectivity index (χ1n) is 6.40. The maximum absolute atomic E-state index is 12.5. The predicted molar refractivity (Wildman–Crippen MR) is 78.7 cm³/mol. The Morgan fingerprint density at radius 2 is 1.90 bits per heavy atom. The smallest absolute Gasteiger partial charge is 0.319 e. The van der Waals surface area contributed by atoms with Crippen molar-refractivity contribution in [3.05, 3.63) is 23.5 Å². The molecular formula is C12H17ClN4O3S. The fourth-order valence-electron chi connectivity index (χ4n) is 2.10. The van der Waals surface area contributed by atoms with Gasteiger partial charge in [0.15, 0.2) is 0 Å². The van der Waals surface area contributed by atoms with Crippen molar-refractivity contribution >= 4 is 27.7 Å². The zero-order chi connectivity index (χ0) is 15.6. The van der Waals surface area contributed by atoms with Crippen LogP contribution in [0.2, 0.25) is 5.15 Å². The number of pyridine rings is 1. The van der Waals surface area contributed by atoms with Gasteiger partial charge in [0.25, 0.3) is 0 Å². The third kappa shape index (κ3) is 3.45. The number of amides is 2. The van der Waals surface area contributed by atoms with Crippen LogP contribution in [0, 0.1) is 0 Å². The van der Waals surface area contributed by atoms with Crippen LogP contribution in [-0.4, -0.2) is 73.8 Å². The van der Waals surface area contributed by atoms with Crippen LogP contribution in [-0.2, 0) is 10.0 Å². The lowest BCUT2D eigenvalue weighted by molar-refractivity contribution is 0.149. The summed E-state index contributed by atoms with van der Waals surface area (Å²) in [6, 6.07) is 2.63. The van der Waals surface area contributed by atoms with E-state index in [0.29, 0.717) is 13.1 Å². The average Bonchev–Trinajstić information content (AvgIpc) is 2.46. The molecule has 0 saturated carbocycles. The lowest BCUT2D eigenvalue weighted by Gasteiger charge is -2.35. The second-order valence-corrected chi connectivity index (χ2v) is 7.21. The Hall–Kier alpha value is -1.38. The van der Waals surface area contributed by atoms with Crippen LogP contribution in [0.5, 0.6) is 0 Å². The minimum absolute atomic E-state index is 0.112. The van der Waals surface area contributed by atoms with E-state index in [1.807, 2.05) is 0 Å². The standard InChI is InChI=1S/C12H17ClN4O3S/c1-15(2)12(18)16-5-7-17(8-6-16)21(19,20)10-3-4-14-11(13)9-10/h3-4,9H,5-8H2,1-2H3. The maximum atomic E-state index is 12.5. The van der Waals surface area contributed by atoms with Gasteiger partial charge in [-0.2, -0.15) is 4.31 Å². The minimum atomic E-state index is -3.60. The molecule has 2 rings (SSSR count). The fraction of sp³-hybridized carbons (Fsp3) is 0.500. The molecule has 2 amide bonds. The molecule has 9 heteroatoms. The van der Waals surface area contributed by atoms with Crippen LogP contribution in [0.4, 0.5) is 4.79 Å². The predicted octanol–water partition coefficient (Wildman–Crippen LogP) is 0.723. The van der Waals surface area contributed by atoms with Gasteiger partial charge in [-0.3, -0.25) is 0 Å². The van der Waals surface area contributed by atoms with Crippen molar-refractivity contribution in [1.82, 2.24) is 19.1 Å². The van der Waals surface area contributed by atoms with E-state index in [4.69, 9.17) is 11.6 Å². The van der Waals surface area contributed by atoms with E-state index >= 15 is 0 Å². The first kappa shape index (κ1) is 16.0. The lowest BCUT2D eigenvalue weighted by atomic mass is 10.4. The van der Waals surface area contributed by atoms with Crippen LogP contribution >= 0.6 is 11.6 Å². The molecular weight excluding hydrogens is 316 g/mol. The molecule has 0 atom stereocenters. The number of aromatic nitrogens is 1. The van der Waals surface area contributed by atoms with Crippen LogP contribution in [0.25, 0.3) is 0 Å². The number of urea groups is 1. The monoisotopic (exact) mass is 332 g/mol. The largest absolute Gasteiger partial charge is 0.331 e. The van der Waals surface area contributed by atoms with E-state index in [-0.39, 0.29) is 29.2 Å². The van der Waals surface area contributed by atoms with Crippen molar-refractivity contribution in [2.24, 2.45) is 0 Å². The van der Waals surface area contributed by atoms with Crippen molar-refractivity contribution in [1.29, 1.82) is 0 Å². The third-order valence-corrected chi connectivity index (χ3v) is 5.33. The number of carbonyl (C=O) groups is 1. The highest BCUT2D eigenvalue weighted by Gasteiger charge is 2.30. The molecule has 0 spiro atoms. The Bertz CT molecular complexity index is 627. The van der Waals surface area contributed by atoms with E-state index < -0.39 is 10.0 Å². The van der Waals surface area contributed by atoms with Crippen LogP contribution in [0.1, 0.15) is 0 Å². The van der Waals surface area contributed by atoms with Crippen LogP contribution in [0.15, 0.2) is 23.2 Å². The number of rotatable bonds is 2. The number of hydrogen-bond acceptors (Lipinski definition) is 4. The van der Waals surface area contributed by atoms with Crippen molar-refractivity contribution in [3.8, 4) is 0 Å². The molecule has 1 saturated heterocycles. The normalized spacial score (nSPS) is 16.8. The van der Waals surface area contributed by atoms with Crippen molar-refractivity contribution in [2.45, 2.75) is 4.90 Å². The molecule has 0 N–H and O–H groups in total. The topological polar surface area (TPSA) is 73.8 Å². The zero-order valence-corrected chi connectivity index (χ0v) is 13.4. The van der Waals surface area contributed by atoms with E-state index in [1.165, 1.54) is 27.5 Å². The molecule has 0 radical (unpaired) electrons. The van der Waals surface area contributed by atoms with Gasteiger partial charge in [-0.15, -0.1) is 0 Å². The van der Waals surface area contributed by atoms with Crippen molar-refractivity contribution in [2.75, 3.05) is 40.3 Å². The van der Waals surface area contributed by atoms with Crippen molar-refractivity contribution < 1.29 is 13.2 Å². The Balaban J connectivity index is 2.10. The van der Waals surface area contributed by atoms with Crippen LogP contribution < -0.4 is 0 Å². The fourth-order valence-corrected chi connectivity index (χ4v) is 3.77. The summed E-state index contributed by atoms with van der Waals surface area (Å²) in [5.74, 6) is 0. The molecule has 1 fully saturated rings. The Kier molecular flexibility index (Phi) is 4.70. The molecule has 1 aromatic heterocycles. The third-order valence-electron chi connectivity index (χ3n) is 3.23. The van der Waals surface area contributed by atoms with Gasteiger partial charge in [-0.05, 0) is 12.1 Å². The molecule has 0 unspecified atom stereocenters. The molecule has 0 aliphatic carbocycles. The SMILES string of the molecule is CN(C)C(=O)N1CCN(S(=O)(=O)c2ccnc(Cl)c2)CC1. The highest BCUT2D eigenvalue weighted by Crippen LogP contribution is 2.19. The Morgan fingerprint density at radius 3 is 2.43 bits per heavy atom. The molecule has 2 heterocycles. The summed E-state index contributed by atoms with van der Waals surface area (Å²) in [5.41, 5.74) is 0. The minimum Gasteiger partial charge on any atom is -0.331 e. The van der Waals surface area contributed by atoms with E-state index in [2.05, 4.69) is 4.98 Å². The number of sulfonamides is 1. The first-order valence-corrected chi connectivity index (χ1v) is 8.22. The molecule has 1 aliphatic rings. The molecule has 0 aromatic carbocycles. The Morgan fingerprint density at radius 1 is 1.29 bits per heavy atom. The number of halogens is 1. The van der Waals surface area contributed by atoms with Gasteiger partial charge in [-0.1, -0.05) is 11.6 Å². The molecule has 1 aromatic rings. The summed E-state index contributed by atoms with van der Waals surface area (Å²) in [6.45, 7) is 1.27. The van der Waals surface area contributed by atoms with Gasteiger partial charge in [0.2, 0.25) is 10.0 Å². The van der Waals surface area contributed by atoms with E-state index in [0.717, 1.165) is 0 Å². The van der Waals surface area contributed by atoms with Gasteiger partial charge >= 0.3 is 6.03 Å². The maximum Gasteiger partial charge on any atom is 0.319 e. The summed E-state index contributed by atoms with van der Waals surface area (Å²) in [7, 11) is -0.254. The van der Waals surface area contributed by atoms with Gasteiger partial charge in [-0.25, -0.2) is 18.2 Å². The first-order chi connectivity index (χ1) is 9.82. The van der Waals surface area contributed by atoms with Crippen molar-refractivity contribution in [3.63, 3.8) is 0 Å². The van der Waals surface area contributed by atoms with Crippen LogP contribution in [0.3, 0.4) is 0 Å². The highest BCUT2D eigenvalue weighted by atomic mass is 35.5. The van der Waals surface area contributed by atoms with E-state index in [1.54, 1.807) is 19.0 Å². The highest BCUT2D eigenvalue weighted by molar-refractivity contribution is 7.89. The Labute approximate surface area is 129 Å². The molecule has 1 aliphatic heterocycles. The number of nitrogens with zero attached hydrogens (tertiary/aromatic N) is 4. The summed E-state index contributed by atoms with van der Waals surface area (Å²) in [6.07, 6.45) is 1.36. The molecule has 21 heavy (non-hydrogen) atoms. The lowest BCUT2D eigenvalue weighted by Crippen LogP contribution is -2.52. The molecule has 116 valence electrons. The zero-order valence-electron chi connectivity index (χ0n) is 11.9. The van der Waals surface area contributed by atoms with Gasteiger partial charge < -0.3 is 9.80 Å². The van der Waals surface area contributed by atoms with Gasteiger partial charge in [0.1, 0.15) is 5.15 Å².